The average Bonchev–Trinajstić information content (AvgIpc) is 2.71. The van der Waals surface area contributed by atoms with Crippen LogP contribution in [0.15, 0.2) is 60.9 Å². The zero-order chi connectivity index (χ0) is 19.9. The Morgan fingerprint density at radius 2 is 1.68 bits per heavy atom. The van der Waals surface area contributed by atoms with E-state index in [4.69, 9.17) is 14.2 Å². The molecule has 0 aliphatic rings. The molecule has 142 valence electrons. The Morgan fingerprint density at radius 3 is 2.36 bits per heavy atom. The number of carbonyl (C=O) groups excluding carboxylic acids is 1. The van der Waals surface area contributed by atoms with Crippen molar-refractivity contribution in [2.75, 3.05) is 7.11 Å². The molecule has 1 atom stereocenters. The van der Waals surface area contributed by atoms with E-state index in [9.17, 15) is 4.79 Å². The summed E-state index contributed by atoms with van der Waals surface area (Å²) >= 11 is 0. The van der Waals surface area contributed by atoms with E-state index >= 15 is 0 Å². The molecular formula is C22H20N2O4. The Kier molecular flexibility index (Phi) is 6.17. The summed E-state index contributed by atoms with van der Waals surface area (Å²) < 4.78 is 17.0. The molecule has 0 spiro atoms. The van der Waals surface area contributed by atoms with Gasteiger partial charge >= 0.3 is 6.01 Å². The number of hydrogen-bond donors (Lipinski definition) is 0. The fourth-order valence-corrected chi connectivity index (χ4v) is 2.52. The summed E-state index contributed by atoms with van der Waals surface area (Å²) in [4.78, 5) is 19.7. The molecule has 0 radical (unpaired) electrons. The number of rotatable bonds is 7. The lowest BCUT2D eigenvalue weighted by Crippen LogP contribution is -2.09. The summed E-state index contributed by atoms with van der Waals surface area (Å²) in [6.45, 7) is 3.69. The number of methoxy groups -OCH3 is 1. The Bertz CT molecular complexity index is 995. The van der Waals surface area contributed by atoms with Gasteiger partial charge in [-0.1, -0.05) is 24.3 Å². The normalized spacial score (nSPS) is 11.4. The molecule has 6 nitrogen and oxygen atoms in total. The third-order valence-electron chi connectivity index (χ3n) is 4.05. The van der Waals surface area contributed by atoms with Crippen LogP contribution in [0.1, 0.15) is 18.1 Å². The maximum atomic E-state index is 11.5. The van der Waals surface area contributed by atoms with Crippen LogP contribution in [0.5, 0.6) is 23.3 Å². The molecule has 1 unspecified atom stereocenters. The zero-order valence-corrected chi connectivity index (χ0v) is 15.9. The fraction of sp³-hybridized carbons (Fsp3) is 0.182. The molecule has 0 bridgehead atoms. The molecule has 0 fully saturated rings. The molecule has 0 N–H and O–H groups in total. The number of aryl methyl sites for hydroxylation is 1. The lowest BCUT2D eigenvalue weighted by Gasteiger charge is -2.15. The smallest absolute Gasteiger partial charge is 0.321 e. The predicted octanol–water partition coefficient (Wildman–Crippen LogP) is 4.62. The summed E-state index contributed by atoms with van der Waals surface area (Å²) in [7, 11) is 1.54. The van der Waals surface area contributed by atoms with Crippen LogP contribution in [0.3, 0.4) is 0 Å². The minimum absolute atomic E-state index is 0.253. The molecule has 3 rings (SSSR count). The minimum Gasteiger partial charge on any atom is -0.457 e. The van der Waals surface area contributed by atoms with E-state index in [0.717, 1.165) is 5.56 Å². The lowest BCUT2D eigenvalue weighted by molar-refractivity contribution is 0.164. The van der Waals surface area contributed by atoms with E-state index in [1.807, 2.05) is 25.0 Å². The second-order valence-electron chi connectivity index (χ2n) is 6.11. The second kappa shape index (κ2) is 8.95. The first-order valence-electron chi connectivity index (χ1n) is 8.72. The van der Waals surface area contributed by atoms with Crippen LogP contribution >= 0.6 is 0 Å². The quantitative estimate of drug-likeness (QED) is 0.561. The summed E-state index contributed by atoms with van der Waals surface area (Å²) in [6, 6.07) is 14.6. The molecule has 1 aromatic heterocycles. The van der Waals surface area contributed by atoms with Crippen molar-refractivity contribution < 1.29 is 19.0 Å². The number of benzene rings is 2. The Morgan fingerprint density at radius 1 is 1.00 bits per heavy atom. The van der Waals surface area contributed by atoms with Crippen LogP contribution in [0.2, 0.25) is 0 Å². The number of para-hydroxylation sites is 1. The summed E-state index contributed by atoms with van der Waals surface area (Å²) in [5.41, 5.74) is 1.96. The highest BCUT2D eigenvalue weighted by molar-refractivity contribution is 5.91. The van der Waals surface area contributed by atoms with Crippen LogP contribution in [-0.2, 0) is 9.53 Å². The lowest BCUT2D eigenvalue weighted by atomic mass is 10.0. The number of nitrogens with zero attached hydrogens (tertiary/aromatic N) is 2. The number of hydrogen-bond acceptors (Lipinski definition) is 6. The first-order valence-corrected chi connectivity index (χ1v) is 8.72. The standard InChI is InChI=1S/C22H20N2O4/c1-15-12-23-22(24-13-15)28-18-8-6-7-17(11-18)27-21-10-5-4-9-19(21)20(14-25)16(2)26-3/h4-13,16H,1-3H3. The monoisotopic (exact) mass is 376 g/mol. The zero-order valence-electron chi connectivity index (χ0n) is 15.9. The molecule has 2 aromatic carbocycles. The highest BCUT2D eigenvalue weighted by Gasteiger charge is 2.17. The molecule has 6 heteroatoms. The first kappa shape index (κ1) is 19.3. The predicted molar refractivity (Wildman–Crippen MR) is 105 cm³/mol. The Hall–Kier alpha value is -3.47. The van der Waals surface area contributed by atoms with Gasteiger partial charge < -0.3 is 14.2 Å². The van der Waals surface area contributed by atoms with E-state index in [-0.39, 0.29) is 6.01 Å². The Labute approximate surface area is 163 Å². The van der Waals surface area contributed by atoms with E-state index < -0.39 is 6.10 Å². The van der Waals surface area contributed by atoms with Crippen LogP contribution in [0.4, 0.5) is 0 Å². The van der Waals surface area contributed by atoms with Gasteiger partial charge in [-0.25, -0.2) is 14.8 Å². The van der Waals surface area contributed by atoms with Crippen LogP contribution in [-0.4, -0.2) is 29.1 Å². The molecular weight excluding hydrogens is 356 g/mol. The molecule has 0 saturated heterocycles. The minimum atomic E-state index is -0.407. The van der Waals surface area contributed by atoms with Gasteiger partial charge in [-0.3, -0.25) is 0 Å². The summed E-state index contributed by atoms with van der Waals surface area (Å²) in [5, 5.41) is 0. The van der Waals surface area contributed by atoms with Crippen LogP contribution < -0.4 is 9.47 Å². The van der Waals surface area contributed by atoms with Gasteiger partial charge in [0.2, 0.25) is 0 Å². The van der Waals surface area contributed by atoms with Crippen molar-refractivity contribution in [3.8, 4) is 23.3 Å². The van der Waals surface area contributed by atoms with Crippen molar-refractivity contribution >= 4 is 11.5 Å². The van der Waals surface area contributed by atoms with E-state index in [0.29, 0.717) is 28.4 Å². The van der Waals surface area contributed by atoms with Gasteiger partial charge in [-0.05, 0) is 37.6 Å². The van der Waals surface area contributed by atoms with E-state index in [1.54, 1.807) is 62.8 Å². The van der Waals surface area contributed by atoms with Crippen LogP contribution in [0.25, 0.3) is 5.57 Å². The van der Waals surface area contributed by atoms with Crippen molar-refractivity contribution in [2.24, 2.45) is 0 Å². The van der Waals surface area contributed by atoms with Crippen molar-refractivity contribution in [2.45, 2.75) is 20.0 Å². The maximum absolute atomic E-state index is 11.5. The summed E-state index contributed by atoms with van der Waals surface area (Å²) in [6.07, 6.45) is 2.96. The maximum Gasteiger partial charge on any atom is 0.321 e. The second-order valence-corrected chi connectivity index (χ2v) is 6.11. The van der Waals surface area contributed by atoms with Crippen LogP contribution in [0, 0.1) is 6.92 Å². The molecule has 0 amide bonds. The Balaban J connectivity index is 1.85. The van der Waals surface area contributed by atoms with Gasteiger partial charge in [-0.2, -0.15) is 0 Å². The molecule has 0 aliphatic heterocycles. The first-order chi connectivity index (χ1) is 13.6. The third kappa shape index (κ3) is 4.62. The third-order valence-corrected chi connectivity index (χ3v) is 4.05. The highest BCUT2D eigenvalue weighted by atomic mass is 16.5. The molecule has 0 aliphatic carbocycles. The van der Waals surface area contributed by atoms with Crippen molar-refractivity contribution in [3.05, 3.63) is 72.1 Å². The molecule has 1 heterocycles. The number of aromatic nitrogens is 2. The van der Waals surface area contributed by atoms with Gasteiger partial charge in [0, 0.05) is 31.1 Å². The highest BCUT2D eigenvalue weighted by Crippen LogP contribution is 2.33. The van der Waals surface area contributed by atoms with Gasteiger partial charge in [0.1, 0.15) is 23.2 Å². The van der Waals surface area contributed by atoms with Crippen molar-refractivity contribution in [1.29, 1.82) is 0 Å². The van der Waals surface area contributed by atoms with Gasteiger partial charge in [0.25, 0.3) is 0 Å². The molecule has 0 saturated carbocycles. The molecule has 28 heavy (non-hydrogen) atoms. The van der Waals surface area contributed by atoms with Crippen molar-refractivity contribution in [1.82, 2.24) is 9.97 Å². The average molecular weight is 376 g/mol. The number of ether oxygens (including phenoxy) is 3. The van der Waals surface area contributed by atoms with Gasteiger partial charge in [-0.15, -0.1) is 0 Å². The summed E-state index contributed by atoms with van der Waals surface area (Å²) in [5.74, 6) is 3.57. The topological polar surface area (TPSA) is 70.5 Å². The van der Waals surface area contributed by atoms with Gasteiger partial charge in [0.15, 0.2) is 0 Å². The van der Waals surface area contributed by atoms with E-state index in [2.05, 4.69) is 9.97 Å². The fourth-order valence-electron chi connectivity index (χ4n) is 2.52. The largest absolute Gasteiger partial charge is 0.457 e. The van der Waals surface area contributed by atoms with Crippen molar-refractivity contribution in [3.63, 3.8) is 0 Å². The van der Waals surface area contributed by atoms with Gasteiger partial charge in [0.05, 0.1) is 11.7 Å². The molecule has 3 aromatic rings. The van der Waals surface area contributed by atoms with E-state index in [1.165, 1.54) is 0 Å². The SMILES string of the molecule is COC(C)C(=C=O)c1ccccc1Oc1cccc(Oc2ncc(C)cn2)c1.